The first-order valence-corrected chi connectivity index (χ1v) is 5.05. The van der Waals surface area contributed by atoms with E-state index in [1.54, 1.807) is 0 Å². The van der Waals surface area contributed by atoms with E-state index in [1.165, 1.54) is 7.11 Å². The molecule has 1 N–H and O–H groups in total. The van der Waals surface area contributed by atoms with Gasteiger partial charge in [-0.25, -0.2) is 4.79 Å². The van der Waals surface area contributed by atoms with Crippen molar-refractivity contribution in [2.45, 2.75) is 6.29 Å². The summed E-state index contributed by atoms with van der Waals surface area (Å²) >= 11 is 5.81. The van der Waals surface area contributed by atoms with Crippen LogP contribution in [0.5, 0.6) is 0 Å². The molecule has 1 aliphatic heterocycles. The number of hydrogen-bond acceptors (Lipinski definition) is 4. The van der Waals surface area contributed by atoms with E-state index in [-0.39, 0.29) is 5.03 Å². The number of ether oxygens (including phenoxy) is 2. The maximum absolute atomic E-state index is 11.2. The van der Waals surface area contributed by atoms with Gasteiger partial charge in [-0.1, -0.05) is 29.8 Å². The zero-order chi connectivity index (χ0) is 11.5. The lowest BCUT2D eigenvalue weighted by molar-refractivity contribution is -0.155. The van der Waals surface area contributed by atoms with Gasteiger partial charge < -0.3 is 14.8 Å². The number of nitrogens with one attached hydrogen (secondary N) is 1. The lowest BCUT2D eigenvalue weighted by Gasteiger charge is -2.13. The van der Waals surface area contributed by atoms with E-state index in [1.807, 2.05) is 30.3 Å². The number of hydrogen-bond donors (Lipinski definition) is 1. The van der Waals surface area contributed by atoms with Crippen LogP contribution in [0.3, 0.4) is 0 Å². The summed E-state index contributed by atoms with van der Waals surface area (Å²) in [5, 5.41) is 3.02. The molecule has 0 unspecified atom stereocenters. The first kappa shape index (κ1) is 11.0. The minimum atomic E-state index is -0.764. The Morgan fingerprint density at radius 3 is 2.69 bits per heavy atom. The van der Waals surface area contributed by atoms with Crippen molar-refractivity contribution in [3.63, 3.8) is 0 Å². The van der Waals surface area contributed by atoms with Crippen LogP contribution in [0.25, 0.3) is 0 Å². The van der Waals surface area contributed by atoms with Crippen molar-refractivity contribution < 1.29 is 14.3 Å². The second-order valence-electron chi connectivity index (χ2n) is 3.19. The molecule has 1 aromatic rings. The largest absolute Gasteiger partial charge is 0.425 e. The zero-order valence-corrected chi connectivity index (χ0v) is 9.32. The molecular weight excluding hydrogens is 230 g/mol. The van der Waals surface area contributed by atoms with Crippen molar-refractivity contribution in [2.24, 2.45) is 0 Å². The summed E-state index contributed by atoms with van der Waals surface area (Å²) in [7, 11) is 1.44. The van der Waals surface area contributed by atoms with Crippen LogP contribution in [0.1, 0.15) is 0 Å². The molecule has 0 saturated heterocycles. The topological polar surface area (TPSA) is 47.6 Å². The molecule has 0 spiro atoms. The lowest BCUT2D eigenvalue weighted by Crippen LogP contribution is -2.18. The number of esters is 1. The Bertz CT molecular complexity index is 430. The van der Waals surface area contributed by atoms with Gasteiger partial charge in [0.25, 0.3) is 0 Å². The molecule has 1 heterocycles. The van der Waals surface area contributed by atoms with E-state index in [4.69, 9.17) is 21.1 Å². The summed E-state index contributed by atoms with van der Waals surface area (Å²) in [5.41, 5.74) is 1.25. The minimum Gasteiger partial charge on any atom is -0.425 e. The quantitative estimate of drug-likeness (QED) is 0.821. The molecule has 5 heteroatoms. The number of rotatable bonds is 3. The maximum Gasteiger partial charge on any atom is 0.354 e. The monoisotopic (exact) mass is 239 g/mol. The van der Waals surface area contributed by atoms with Crippen LogP contribution in [0.15, 0.2) is 41.1 Å². The second kappa shape index (κ2) is 4.55. The second-order valence-corrected chi connectivity index (χ2v) is 3.57. The highest BCUT2D eigenvalue weighted by atomic mass is 35.5. The Morgan fingerprint density at radius 1 is 1.38 bits per heavy atom. The summed E-state index contributed by atoms with van der Waals surface area (Å²) in [5.74, 6) is -0.577. The molecule has 2 rings (SSSR count). The van der Waals surface area contributed by atoms with E-state index < -0.39 is 12.3 Å². The van der Waals surface area contributed by atoms with Crippen molar-refractivity contribution >= 4 is 23.3 Å². The van der Waals surface area contributed by atoms with Crippen LogP contribution in [-0.2, 0) is 14.3 Å². The molecule has 0 aromatic heterocycles. The highest BCUT2D eigenvalue weighted by molar-refractivity contribution is 6.42. The predicted octanol–water partition coefficient (Wildman–Crippen LogP) is 2.08. The Morgan fingerprint density at radius 2 is 2.06 bits per heavy atom. The van der Waals surface area contributed by atoms with E-state index in [9.17, 15) is 4.79 Å². The Labute approximate surface area is 97.8 Å². The van der Waals surface area contributed by atoms with Crippen LogP contribution in [0.4, 0.5) is 5.69 Å². The number of carbonyl (C=O) groups excluding carboxylic acids is 1. The van der Waals surface area contributed by atoms with Crippen molar-refractivity contribution in [2.75, 3.05) is 12.4 Å². The van der Waals surface area contributed by atoms with E-state index in [2.05, 4.69) is 5.32 Å². The molecule has 1 atom stereocenters. The molecule has 0 radical (unpaired) electrons. The highest BCUT2D eigenvalue weighted by Crippen LogP contribution is 2.27. The molecule has 0 amide bonds. The van der Waals surface area contributed by atoms with Gasteiger partial charge >= 0.3 is 5.97 Å². The van der Waals surface area contributed by atoms with Crippen LogP contribution >= 0.6 is 11.6 Å². The van der Waals surface area contributed by atoms with E-state index in [0.717, 1.165) is 5.69 Å². The number of anilines is 1. The van der Waals surface area contributed by atoms with Crippen LogP contribution in [-0.4, -0.2) is 19.4 Å². The molecule has 16 heavy (non-hydrogen) atoms. The number of carbonyl (C=O) groups is 1. The standard InChI is InChI=1S/C11H10ClNO3/c1-15-11-9(8(12)10(14)16-11)13-7-5-3-2-4-6-7/h2-6,11,13H,1H3/t11-/m1/s1. The normalized spacial score (nSPS) is 19.9. The van der Waals surface area contributed by atoms with Crippen molar-refractivity contribution in [3.05, 3.63) is 41.1 Å². The Kier molecular flexibility index (Phi) is 3.12. The van der Waals surface area contributed by atoms with Gasteiger partial charge in [0.15, 0.2) is 5.03 Å². The highest BCUT2D eigenvalue weighted by Gasteiger charge is 2.33. The average molecular weight is 240 g/mol. The van der Waals surface area contributed by atoms with Crippen molar-refractivity contribution in [3.8, 4) is 0 Å². The summed E-state index contributed by atoms with van der Waals surface area (Å²) in [4.78, 5) is 11.2. The number of methoxy groups -OCH3 is 1. The van der Waals surface area contributed by atoms with Gasteiger partial charge in [0.1, 0.15) is 5.70 Å². The fraction of sp³-hybridized carbons (Fsp3) is 0.182. The average Bonchev–Trinajstić information content (AvgIpc) is 2.58. The molecule has 84 valence electrons. The number of cyclic esters (lactones) is 1. The van der Waals surface area contributed by atoms with E-state index >= 15 is 0 Å². The van der Waals surface area contributed by atoms with Gasteiger partial charge in [0.2, 0.25) is 6.29 Å². The maximum atomic E-state index is 11.2. The van der Waals surface area contributed by atoms with Gasteiger partial charge in [-0.05, 0) is 12.1 Å². The van der Waals surface area contributed by atoms with Gasteiger partial charge in [-0.15, -0.1) is 0 Å². The van der Waals surface area contributed by atoms with Crippen molar-refractivity contribution in [1.29, 1.82) is 0 Å². The third-order valence-electron chi connectivity index (χ3n) is 2.13. The van der Waals surface area contributed by atoms with E-state index in [0.29, 0.717) is 5.70 Å². The predicted molar refractivity (Wildman–Crippen MR) is 59.8 cm³/mol. The first-order chi connectivity index (χ1) is 7.72. The number of para-hydroxylation sites is 1. The summed E-state index contributed by atoms with van der Waals surface area (Å²) < 4.78 is 9.87. The van der Waals surface area contributed by atoms with Gasteiger partial charge in [0, 0.05) is 12.8 Å². The van der Waals surface area contributed by atoms with Gasteiger partial charge in [0.05, 0.1) is 0 Å². The molecule has 1 aromatic carbocycles. The third-order valence-corrected chi connectivity index (χ3v) is 2.49. The summed E-state index contributed by atoms with van der Waals surface area (Å²) in [6.45, 7) is 0. The van der Waals surface area contributed by atoms with Gasteiger partial charge in [-0.2, -0.15) is 0 Å². The lowest BCUT2D eigenvalue weighted by atomic mass is 10.3. The number of benzene rings is 1. The third kappa shape index (κ3) is 2.03. The first-order valence-electron chi connectivity index (χ1n) is 4.68. The minimum absolute atomic E-state index is 0.0238. The summed E-state index contributed by atoms with van der Waals surface area (Å²) in [6, 6.07) is 9.34. The molecule has 1 aliphatic rings. The molecule has 0 fully saturated rings. The van der Waals surface area contributed by atoms with Crippen LogP contribution in [0, 0.1) is 0 Å². The fourth-order valence-electron chi connectivity index (χ4n) is 1.38. The summed E-state index contributed by atoms with van der Waals surface area (Å²) in [6.07, 6.45) is -0.764. The SMILES string of the molecule is CO[C@@H]1OC(=O)C(Cl)=C1Nc1ccccc1. The smallest absolute Gasteiger partial charge is 0.354 e. The molecular formula is C11H10ClNO3. The Hall–Kier alpha value is -1.52. The molecule has 4 nitrogen and oxygen atoms in total. The fourth-order valence-corrected chi connectivity index (χ4v) is 1.56. The molecule has 0 saturated carbocycles. The molecule has 0 bridgehead atoms. The van der Waals surface area contributed by atoms with Crippen molar-refractivity contribution in [1.82, 2.24) is 0 Å². The Balaban J connectivity index is 2.23. The number of halogens is 1. The van der Waals surface area contributed by atoms with Gasteiger partial charge in [-0.3, -0.25) is 0 Å². The van der Waals surface area contributed by atoms with Crippen LogP contribution < -0.4 is 5.32 Å². The molecule has 0 aliphatic carbocycles. The zero-order valence-electron chi connectivity index (χ0n) is 8.57. The van der Waals surface area contributed by atoms with Crippen LogP contribution in [0.2, 0.25) is 0 Å².